The van der Waals surface area contributed by atoms with Gasteiger partial charge in [0.2, 0.25) is 0 Å². The first-order valence-corrected chi connectivity index (χ1v) is 8.10. The van der Waals surface area contributed by atoms with Crippen LogP contribution in [0.4, 0.5) is 4.79 Å². The summed E-state index contributed by atoms with van der Waals surface area (Å²) in [4.78, 5) is 26.0. The molecule has 0 atom stereocenters. The lowest BCUT2D eigenvalue weighted by molar-refractivity contribution is -0.119. The van der Waals surface area contributed by atoms with Crippen LogP contribution in [0.1, 0.15) is 39.2 Å². The van der Waals surface area contributed by atoms with Gasteiger partial charge in [-0.3, -0.25) is 4.79 Å². The summed E-state index contributed by atoms with van der Waals surface area (Å²) in [5.41, 5.74) is 0.536. The lowest BCUT2D eigenvalue weighted by atomic mass is 9.92. The molecule has 1 aromatic carbocycles. The van der Waals surface area contributed by atoms with Gasteiger partial charge in [0.25, 0.3) is 0 Å². The average molecular weight is 315 g/mol. The minimum Gasteiger partial charge on any atom is -0.444 e. The van der Waals surface area contributed by atoms with Crippen molar-refractivity contribution in [3.05, 3.63) is 42.0 Å². The van der Waals surface area contributed by atoms with E-state index in [-0.39, 0.29) is 17.8 Å². The van der Waals surface area contributed by atoms with Gasteiger partial charge in [0.1, 0.15) is 5.60 Å². The van der Waals surface area contributed by atoms with Crippen LogP contribution in [0.3, 0.4) is 0 Å². The highest BCUT2D eigenvalue weighted by molar-refractivity contribution is 5.95. The number of rotatable bonds is 3. The fourth-order valence-electron chi connectivity index (χ4n) is 2.55. The number of allylic oxidation sites excluding steroid dienone is 1. The van der Waals surface area contributed by atoms with Crippen molar-refractivity contribution in [1.82, 2.24) is 4.90 Å². The van der Waals surface area contributed by atoms with Crippen LogP contribution in [0.25, 0.3) is 6.08 Å². The van der Waals surface area contributed by atoms with Gasteiger partial charge in [-0.25, -0.2) is 4.79 Å². The summed E-state index contributed by atoms with van der Waals surface area (Å²) >= 11 is 0. The Labute approximate surface area is 138 Å². The van der Waals surface area contributed by atoms with Gasteiger partial charge in [-0.2, -0.15) is 0 Å². The number of amides is 1. The number of piperidine rings is 1. The first kappa shape index (κ1) is 17.3. The molecule has 1 amide bonds. The number of nitrogens with zero attached hydrogens (tertiary/aromatic N) is 1. The van der Waals surface area contributed by atoms with Crippen molar-refractivity contribution >= 4 is 18.0 Å². The summed E-state index contributed by atoms with van der Waals surface area (Å²) in [6, 6.07) is 9.78. The molecule has 0 bridgehead atoms. The van der Waals surface area contributed by atoms with Crippen LogP contribution in [-0.4, -0.2) is 35.5 Å². The number of hydrogen-bond donors (Lipinski definition) is 0. The Kier molecular flexibility index (Phi) is 5.59. The fourth-order valence-corrected chi connectivity index (χ4v) is 2.55. The molecule has 4 heteroatoms. The number of carbonyl (C=O) groups excluding carboxylic acids is 2. The quantitative estimate of drug-likeness (QED) is 0.794. The second kappa shape index (κ2) is 7.44. The maximum absolute atomic E-state index is 12.3. The third-order valence-electron chi connectivity index (χ3n) is 3.79. The molecule has 2 rings (SSSR count). The number of likely N-dealkylation sites (tertiary alicyclic amines) is 1. The molecule has 0 saturated carbocycles. The van der Waals surface area contributed by atoms with Gasteiger partial charge in [0, 0.05) is 19.0 Å². The lowest BCUT2D eigenvalue weighted by Gasteiger charge is -2.32. The summed E-state index contributed by atoms with van der Waals surface area (Å²) < 4.78 is 5.37. The van der Waals surface area contributed by atoms with Gasteiger partial charge in [-0.1, -0.05) is 36.4 Å². The Balaban J connectivity index is 1.83. The van der Waals surface area contributed by atoms with Crippen LogP contribution in [0.5, 0.6) is 0 Å². The third kappa shape index (κ3) is 5.55. The highest BCUT2D eigenvalue weighted by Gasteiger charge is 2.28. The van der Waals surface area contributed by atoms with E-state index < -0.39 is 5.60 Å². The van der Waals surface area contributed by atoms with Crippen molar-refractivity contribution < 1.29 is 14.3 Å². The Morgan fingerprint density at radius 2 is 1.74 bits per heavy atom. The summed E-state index contributed by atoms with van der Waals surface area (Å²) in [7, 11) is 0. The second-order valence-corrected chi connectivity index (χ2v) is 6.89. The van der Waals surface area contributed by atoms with Gasteiger partial charge < -0.3 is 9.64 Å². The zero-order valence-corrected chi connectivity index (χ0v) is 14.1. The zero-order chi connectivity index (χ0) is 16.9. The SMILES string of the molecule is CC(C)(C)OC(=O)N1CCC(C(=O)C=Cc2ccccc2)CC1. The maximum Gasteiger partial charge on any atom is 0.410 e. The molecule has 1 aromatic rings. The van der Waals surface area contributed by atoms with Crippen LogP contribution < -0.4 is 0 Å². The zero-order valence-electron chi connectivity index (χ0n) is 14.1. The molecule has 0 aromatic heterocycles. The van der Waals surface area contributed by atoms with Crippen molar-refractivity contribution in [2.45, 2.75) is 39.2 Å². The molecule has 1 aliphatic rings. The average Bonchev–Trinajstić information content (AvgIpc) is 2.52. The van der Waals surface area contributed by atoms with Gasteiger partial charge in [0.05, 0.1) is 0 Å². The molecular formula is C19H25NO3. The van der Waals surface area contributed by atoms with E-state index in [1.807, 2.05) is 57.2 Å². The molecule has 0 radical (unpaired) electrons. The molecular weight excluding hydrogens is 290 g/mol. The van der Waals surface area contributed by atoms with Crippen molar-refractivity contribution in [1.29, 1.82) is 0 Å². The normalized spacial score (nSPS) is 16.6. The topological polar surface area (TPSA) is 46.6 Å². The first-order valence-electron chi connectivity index (χ1n) is 8.10. The minimum atomic E-state index is -0.484. The van der Waals surface area contributed by atoms with E-state index >= 15 is 0 Å². The molecule has 1 heterocycles. The van der Waals surface area contributed by atoms with E-state index in [0.717, 1.165) is 5.56 Å². The molecule has 124 valence electrons. The summed E-state index contributed by atoms with van der Waals surface area (Å²) in [5.74, 6) is 0.131. The lowest BCUT2D eigenvalue weighted by Crippen LogP contribution is -2.42. The van der Waals surface area contributed by atoms with Crippen LogP contribution in [0, 0.1) is 5.92 Å². The predicted molar refractivity (Wildman–Crippen MR) is 91.0 cm³/mol. The Hall–Kier alpha value is -2.10. The van der Waals surface area contributed by atoms with E-state index in [1.165, 1.54) is 0 Å². The summed E-state index contributed by atoms with van der Waals surface area (Å²) in [5, 5.41) is 0. The smallest absolute Gasteiger partial charge is 0.410 e. The second-order valence-electron chi connectivity index (χ2n) is 6.89. The molecule has 0 spiro atoms. The van der Waals surface area contributed by atoms with Gasteiger partial charge in [0.15, 0.2) is 5.78 Å². The molecule has 0 aliphatic carbocycles. The standard InChI is InChI=1S/C19H25NO3/c1-19(2,3)23-18(22)20-13-11-16(12-14-20)17(21)10-9-15-7-5-4-6-8-15/h4-10,16H,11-14H2,1-3H3. The summed E-state index contributed by atoms with van der Waals surface area (Å²) in [6.45, 7) is 6.72. The van der Waals surface area contributed by atoms with Crippen LogP contribution in [0.15, 0.2) is 36.4 Å². The van der Waals surface area contributed by atoms with E-state index in [1.54, 1.807) is 11.0 Å². The van der Waals surface area contributed by atoms with E-state index in [4.69, 9.17) is 4.74 Å². The molecule has 0 N–H and O–H groups in total. The van der Waals surface area contributed by atoms with Gasteiger partial charge >= 0.3 is 6.09 Å². The van der Waals surface area contributed by atoms with Gasteiger partial charge in [-0.15, -0.1) is 0 Å². The molecule has 0 unspecified atom stereocenters. The highest BCUT2D eigenvalue weighted by Crippen LogP contribution is 2.21. The number of ether oxygens (including phenoxy) is 1. The molecule has 1 fully saturated rings. The summed E-state index contributed by atoms with van der Waals surface area (Å²) in [6.07, 6.45) is 4.60. The minimum absolute atomic E-state index is 0.00588. The van der Waals surface area contributed by atoms with E-state index in [0.29, 0.717) is 25.9 Å². The van der Waals surface area contributed by atoms with Crippen molar-refractivity contribution in [2.75, 3.05) is 13.1 Å². The number of benzene rings is 1. The Morgan fingerprint density at radius 1 is 1.13 bits per heavy atom. The van der Waals surface area contributed by atoms with Crippen molar-refractivity contribution in [3.8, 4) is 0 Å². The van der Waals surface area contributed by atoms with E-state index in [2.05, 4.69) is 0 Å². The molecule has 23 heavy (non-hydrogen) atoms. The fraction of sp³-hybridized carbons (Fsp3) is 0.474. The Morgan fingerprint density at radius 3 is 2.30 bits per heavy atom. The molecule has 4 nitrogen and oxygen atoms in total. The number of ketones is 1. The van der Waals surface area contributed by atoms with E-state index in [9.17, 15) is 9.59 Å². The van der Waals surface area contributed by atoms with Crippen LogP contribution in [0.2, 0.25) is 0 Å². The van der Waals surface area contributed by atoms with Crippen LogP contribution in [-0.2, 0) is 9.53 Å². The van der Waals surface area contributed by atoms with Crippen LogP contribution >= 0.6 is 0 Å². The van der Waals surface area contributed by atoms with Gasteiger partial charge in [-0.05, 0) is 45.3 Å². The predicted octanol–water partition coefficient (Wildman–Crippen LogP) is 3.92. The Bertz CT molecular complexity index is 564. The first-order chi connectivity index (χ1) is 10.8. The third-order valence-corrected chi connectivity index (χ3v) is 3.79. The largest absolute Gasteiger partial charge is 0.444 e. The monoisotopic (exact) mass is 315 g/mol. The maximum atomic E-state index is 12.3. The molecule has 1 aliphatic heterocycles. The molecule has 1 saturated heterocycles. The van der Waals surface area contributed by atoms with Crippen molar-refractivity contribution in [3.63, 3.8) is 0 Å². The number of hydrogen-bond acceptors (Lipinski definition) is 3. The number of carbonyl (C=O) groups is 2. The van der Waals surface area contributed by atoms with Crippen molar-refractivity contribution in [2.24, 2.45) is 5.92 Å². The highest BCUT2D eigenvalue weighted by atomic mass is 16.6.